The van der Waals surface area contributed by atoms with Crippen LogP contribution in [0.3, 0.4) is 0 Å². The van der Waals surface area contributed by atoms with Gasteiger partial charge in [-0.15, -0.1) is 0 Å². The van der Waals surface area contributed by atoms with E-state index in [1.54, 1.807) is 14.2 Å². The van der Waals surface area contributed by atoms with Gasteiger partial charge in [0.05, 0.1) is 25.8 Å². The standard InChI is InChI=1S/C16H25NO2S/c1-4-10-17-16(14-9-6-11-20-14)15-12(18-2)7-5-8-13(15)19-3/h5,7-8,14,16-17H,4,6,9-11H2,1-3H3. The summed E-state index contributed by atoms with van der Waals surface area (Å²) in [6, 6.07) is 6.34. The minimum atomic E-state index is 0.300. The largest absolute Gasteiger partial charge is 0.496 e. The molecule has 1 aromatic carbocycles. The van der Waals surface area contributed by atoms with Gasteiger partial charge in [-0.25, -0.2) is 0 Å². The Kier molecular flexibility index (Phi) is 6.05. The summed E-state index contributed by atoms with van der Waals surface area (Å²) in [5.74, 6) is 3.10. The fourth-order valence-electron chi connectivity index (χ4n) is 2.77. The summed E-state index contributed by atoms with van der Waals surface area (Å²) in [5.41, 5.74) is 1.17. The Morgan fingerprint density at radius 2 is 2.00 bits per heavy atom. The monoisotopic (exact) mass is 295 g/mol. The summed E-state index contributed by atoms with van der Waals surface area (Å²) in [5, 5.41) is 4.30. The molecule has 0 aliphatic carbocycles. The number of nitrogens with one attached hydrogen (secondary N) is 1. The minimum absolute atomic E-state index is 0.300. The summed E-state index contributed by atoms with van der Waals surface area (Å²) in [4.78, 5) is 0. The SMILES string of the molecule is CCCNC(c1c(OC)cccc1OC)C1CCCS1. The average molecular weight is 295 g/mol. The van der Waals surface area contributed by atoms with Crippen molar-refractivity contribution in [2.24, 2.45) is 0 Å². The molecule has 0 saturated carbocycles. The second-order valence-electron chi connectivity index (χ2n) is 5.06. The molecular formula is C16H25NO2S. The third-order valence-corrected chi connectivity index (χ3v) is 5.19. The molecule has 20 heavy (non-hydrogen) atoms. The molecule has 4 heteroatoms. The molecule has 1 fully saturated rings. The van der Waals surface area contributed by atoms with Gasteiger partial charge in [0, 0.05) is 5.25 Å². The molecule has 3 nitrogen and oxygen atoms in total. The predicted octanol–water partition coefficient (Wildman–Crippen LogP) is 3.64. The molecule has 1 heterocycles. The number of thioether (sulfide) groups is 1. The van der Waals surface area contributed by atoms with Crippen molar-refractivity contribution in [2.45, 2.75) is 37.5 Å². The molecule has 0 spiro atoms. The van der Waals surface area contributed by atoms with Crippen molar-refractivity contribution in [1.29, 1.82) is 0 Å². The minimum Gasteiger partial charge on any atom is -0.496 e. The van der Waals surface area contributed by atoms with Crippen LogP contribution in [0.2, 0.25) is 0 Å². The van der Waals surface area contributed by atoms with E-state index in [1.807, 2.05) is 18.2 Å². The number of ether oxygens (including phenoxy) is 2. The van der Waals surface area contributed by atoms with Crippen LogP contribution in [0.4, 0.5) is 0 Å². The van der Waals surface area contributed by atoms with Crippen LogP contribution >= 0.6 is 11.8 Å². The highest BCUT2D eigenvalue weighted by Crippen LogP contribution is 2.42. The summed E-state index contributed by atoms with van der Waals surface area (Å²) in [6.45, 7) is 3.22. The first-order valence-corrected chi connectivity index (χ1v) is 8.42. The van der Waals surface area contributed by atoms with Crippen molar-refractivity contribution in [3.8, 4) is 11.5 Å². The van der Waals surface area contributed by atoms with Crippen LogP contribution in [-0.4, -0.2) is 31.8 Å². The van der Waals surface area contributed by atoms with Gasteiger partial charge < -0.3 is 14.8 Å². The second kappa shape index (κ2) is 7.79. The maximum absolute atomic E-state index is 5.58. The highest BCUT2D eigenvalue weighted by molar-refractivity contribution is 8.00. The zero-order valence-electron chi connectivity index (χ0n) is 12.6. The molecule has 1 aromatic rings. The smallest absolute Gasteiger partial charge is 0.127 e. The molecule has 0 aromatic heterocycles. The molecule has 1 aliphatic rings. The predicted molar refractivity (Wildman–Crippen MR) is 86.1 cm³/mol. The van der Waals surface area contributed by atoms with Crippen molar-refractivity contribution in [3.05, 3.63) is 23.8 Å². The first-order chi connectivity index (χ1) is 9.81. The third-order valence-electron chi connectivity index (χ3n) is 3.73. The molecule has 1 aliphatic heterocycles. The molecule has 0 radical (unpaired) electrons. The lowest BCUT2D eigenvalue weighted by molar-refractivity contribution is 0.367. The van der Waals surface area contributed by atoms with Gasteiger partial charge in [0.2, 0.25) is 0 Å². The normalized spacial score (nSPS) is 19.9. The summed E-state index contributed by atoms with van der Waals surface area (Å²) < 4.78 is 11.2. The number of methoxy groups -OCH3 is 2. The zero-order valence-corrected chi connectivity index (χ0v) is 13.5. The lowest BCUT2D eigenvalue weighted by Crippen LogP contribution is -2.30. The number of hydrogen-bond acceptors (Lipinski definition) is 4. The van der Waals surface area contributed by atoms with Crippen LogP contribution in [0.15, 0.2) is 18.2 Å². The lowest BCUT2D eigenvalue weighted by Gasteiger charge is -2.27. The van der Waals surface area contributed by atoms with E-state index in [-0.39, 0.29) is 0 Å². The molecule has 2 atom stereocenters. The van der Waals surface area contributed by atoms with Gasteiger partial charge in [-0.1, -0.05) is 13.0 Å². The van der Waals surface area contributed by atoms with Gasteiger partial charge in [-0.2, -0.15) is 11.8 Å². The Morgan fingerprint density at radius 1 is 1.30 bits per heavy atom. The van der Waals surface area contributed by atoms with E-state index in [4.69, 9.17) is 9.47 Å². The highest BCUT2D eigenvalue weighted by Gasteiger charge is 2.30. The van der Waals surface area contributed by atoms with E-state index in [9.17, 15) is 0 Å². The first-order valence-electron chi connectivity index (χ1n) is 7.37. The third kappa shape index (κ3) is 3.41. The van der Waals surface area contributed by atoms with E-state index < -0.39 is 0 Å². The van der Waals surface area contributed by atoms with Crippen LogP contribution < -0.4 is 14.8 Å². The molecule has 0 bridgehead atoms. The van der Waals surface area contributed by atoms with Crippen molar-refractivity contribution < 1.29 is 9.47 Å². The van der Waals surface area contributed by atoms with E-state index in [1.165, 1.54) is 24.2 Å². The average Bonchev–Trinajstić information content (AvgIpc) is 3.01. The van der Waals surface area contributed by atoms with Gasteiger partial charge in [0.25, 0.3) is 0 Å². The molecule has 112 valence electrons. The van der Waals surface area contributed by atoms with Gasteiger partial charge in [0.15, 0.2) is 0 Å². The van der Waals surface area contributed by atoms with Crippen LogP contribution in [0.5, 0.6) is 11.5 Å². The molecule has 2 unspecified atom stereocenters. The number of benzene rings is 1. The van der Waals surface area contributed by atoms with Gasteiger partial charge >= 0.3 is 0 Å². The van der Waals surface area contributed by atoms with Crippen LogP contribution in [0.25, 0.3) is 0 Å². The number of rotatable bonds is 7. The fraction of sp³-hybridized carbons (Fsp3) is 0.625. The summed E-state index contributed by atoms with van der Waals surface area (Å²) >= 11 is 2.06. The second-order valence-corrected chi connectivity index (χ2v) is 6.41. The summed E-state index contributed by atoms with van der Waals surface area (Å²) in [6.07, 6.45) is 3.69. The Balaban J connectivity index is 2.35. The zero-order chi connectivity index (χ0) is 14.4. The van der Waals surface area contributed by atoms with Gasteiger partial charge in [0.1, 0.15) is 11.5 Å². The van der Waals surface area contributed by atoms with Crippen molar-refractivity contribution in [1.82, 2.24) is 5.32 Å². The highest BCUT2D eigenvalue weighted by atomic mass is 32.2. The van der Waals surface area contributed by atoms with E-state index >= 15 is 0 Å². The fourth-order valence-corrected chi connectivity index (χ4v) is 4.17. The Morgan fingerprint density at radius 3 is 2.50 bits per heavy atom. The van der Waals surface area contributed by atoms with Gasteiger partial charge in [-0.05, 0) is 43.7 Å². The number of hydrogen-bond donors (Lipinski definition) is 1. The van der Waals surface area contributed by atoms with Crippen LogP contribution in [0, 0.1) is 0 Å². The van der Waals surface area contributed by atoms with Crippen molar-refractivity contribution in [3.63, 3.8) is 0 Å². The van der Waals surface area contributed by atoms with Crippen LogP contribution in [0.1, 0.15) is 37.8 Å². The van der Waals surface area contributed by atoms with E-state index in [0.717, 1.165) is 24.5 Å². The lowest BCUT2D eigenvalue weighted by atomic mass is 9.98. The Labute approximate surface area is 126 Å². The quantitative estimate of drug-likeness (QED) is 0.832. The van der Waals surface area contributed by atoms with Crippen LogP contribution in [-0.2, 0) is 0 Å². The maximum Gasteiger partial charge on any atom is 0.127 e. The van der Waals surface area contributed by atoms with Crippen molar-refractivity contribution in [2.75, 3.05) is 26.5 Å². The first kappa shape index (κ1) is 15.5. The van der Waals surface area contributed by atoms with E-state index in [2.05, 4.69) is 24.0 Å². The molecule has 2 rings (SSSR count). The van der Waals surface area contributed by atoms with E-state index in [0.29, 0.717) is 11.3 Å². The molecular weight excluding hydrogens is 270 g/mol. The Hall–Kier alpha value is -0.870. The molecule has 1 N–H and O–H groups in total. The van der Waals surface area contributed by atoms with Crippen molar-refractivity contribution >= 4 is 11.8 Å². The summed E-state index contributed by atoms with van der Waals surface area (Å²) in [7, 11) is 3.47. The molecule has 1 saturated heterocycles. The molecule has 0 amide bonds. The maximum atomic E-state index is 5.58. The topological polar surface area (TPSA) is 30.5 Å². The van der Waals surface area contributed by atoms with Gasteiger partial charge in [-0.3, -0.25) is 0 Å². The Bertz CT molecular complexity index is 397.